The maximum atomic E-state index is 11.9. The molecule has 0 amide bonds. The second-order valence-corrected chi connectivity index (χ2v) is 5.01. The maximum Gasteiger partial charge on any atom is 0.261 e. The first-order chi connectivity index (χ1) is 8.58. The van der Waals surface area contributed by atoms with Crippen molar-refractivity contribution in [3.05, 3.63) is 27.4 Å². The van der Waals surface area contributed by atoms with Crippen LogP contribution in [0.1, 0.15) is 0 Å². The molecule has 0 saturated heterocycles. The molecule has 1 aromatic carbocycles. The van der Waals surface area contributed by atoms with Gasteiger partial charge in [0, 0.05) is 11.0 Å². The van der Waals surface area contributed by atoms with Gasteiger partial charge >= 0.3 is 0 Å². The number of nitrogens with zero attached hydrogens (tertiary/aromatic N) is 1. The number of imidazole rings is 1. The number of rotatable bonds is 5. The number of aromatic nitrogens is 2. The highest BCUT2D eigenvalue weighted by Crippen LogP contribution is 2.19. The molecule has 2 rings (SSSR count). The summed E-state index contributed by atoms with van der Waals surface area (Å²) in [6.45, 7) is 0.111. The van der Waals surface area contributed by atoms with Crippen LogP contribution in [0.25, 0.3) is 11.0 Å². The molecule has 0 aliphatic heterocycles. The first-order valence-corrected chi connectivity index (χ1v) is 6.52. The predicted octanol–water partition coefficient (Wildman–Crippen LogP) is 3.74. The number of benzene rings is 1. The number of ether oxygens (including phenoxy) is 1. The molecule has 0 unspecified atom stereocenters. The van der Waals surface area contributed by atoms with Gasteiger partial charge < -0.3 is 14.3 Å². The van der Waals surface area contributed by atoms with E-state index in [1.54, 1.807) is 0 Å². The lowest BCUT2D eigenvalue weighted by Gasteiger charge is -2.06. The average Bonchev–Trinajstić information content (AvgIpc) is 2.60. The van der Waals surface area contributed by atoms with Gasteiger partial charge in [0.15, 0.2) is 4.77 Å². The lowest BCUT2D eigenvalue weighted by atomic mass is 10.3. The summed E-state index contributed by atoms with van der Waals surface area (Å²) in [6, 6.07) is 5.74. The Morgan fingerprint density at radius 2 is 2.22 bits per heavy atom. The molecule has 0 spiro atoms. The van der Waals surface area contributed by atoms with Crippen LogP contribution in [0.5, 0.6) is 0 Å². The summed E-state index contributed by atoms with van der Waals surface area (Å²) in [5.41, 5.74) is 1.84. The molecule has 2 aromatic rings. The summed E-state index contributed by atoms with van der Waals surface area (Å²) in [5, 5.41) is 0. The molecule has 0 radical (unpaired) electrons. The number of alkyl halides is 2. The molecule has 7 heteroatoms. The van der Waals surface area contributed by atoms with E-state index in [0.29, 0.717) is 11.3 Å². The highest BCUT2D eigenvalue weighted by Gasteiger charge is 2.06. The third kappa shape index (κ3) is 3.15. The summed E-state index contributed by atoms with van der Waals surface area (Å²) < 4.78 is 32.0. The van der Waals surface area contributed by atoms with Gasteiger partial charge in [-0.05, 0) is 30.4 Å². The average molecular weight is 337 g/mol. The normalized spacial score (nSPS) is 11.6. The van der Waals surface area contributed by atoms with Crippen LogP contribution in [0, 0.1) is 4.77 Å². The third-order valence-electron chi connectivity index (χ3n) is 2.44. The van der Waals surface area contributed by atoms with E-state index in [1.165, 1.54) is 0 Å². The van der Waals surface area contributed by atoms with E-state index >= 15 is 0 Å². The zero-order valence-corrected chi connectivity index (χ0v) is 11.7. The molecule has 0 aliphatic rings. The SMILES string of the molecule is FC(F)COCCn1c(=S)[nH]c2ccc(Br)cc21. The summed E-state index contributed by atoms with van der Waals surface area (Å²) in [5.74, 6) is 0. The van der Waals surface area contributed by atoms with E-state index in [-0.39, 0.29) is 6.61 Å². The van der Waals surface area contributed by atoms with E-state index < -0.39 is 13.0 Å². The fraction of sp³-hybridized carbons (Fsp3) is 0.364. The van der Waals surface area contributed by atoms with Crippen molar-refractivity contribution in [1.82, 2.24) is 9.55 Å². The molecule has 1 N–H and O–H groups in total. The van der Waals surface area contributed by atoms with Crippen LogP contribution in [-0.4, -0.2) is 29.2 Å². The summed E-state index contributed by atoms with van der Waals surface area (Å²) in [7, 11) is 0. The largest absolute Gasteiger partial charge is 0.374 e. The predicted molar refractivity (Wildman–Crippen MR) is 71.6 cm³/mol. The van der Waals surface area contributed by atoms with Crippen molar-refractivity contribution in [2.24, 2.45) is 0 Å². The number of nitrogens with one attached hydrogen (secondary N) is 1. The van der Waals surface area contributed by atoms with Crippen molar-refractivity contribution in [1.29, 1.82) is 0 Å². The Hall–Kier alpha value is -0.790. The van der Waals surface area contributed by atoms with Gasteiger partial charge in [0.1, 0.15) is 6.61 Å². The minimum absolute atomic E-state index is 0.206. The summed E-state index contributed by atoms with van der Waals surface area (Å²) in [4.78, 5) is 3.06. The van der Waals surface area contributed by atoms with Crippen molar-refractivity contribution in [3.63, 3.8) is 0 Å². The van der Waals surface area contributed by atoms with Crippen LogP contribution in [0.4, 0.5) is 8.78 Å². The topological polar surface area (TPSA) is 29.9 Å². The number of halogens is 3. The maximum absolute atomic E-state index is 11.9. The second kappa shape index (κ2) is 5.90. The first kappa shape index (κ1) is 13.6. The molecular weight excluding hydrogens is 326 g/mol. The first-order valence-electron chi connectivity index (χ1n) is 5.32. The molecular formula is C11H11BrF2N2OS. The zero-order valence-electron chi connectivity index (χ0n) is 9.33. The standard InChI is InChI=1S/C11H11BrF2N2OS/c12-7-1-2-8-9(5-7)16(11(18)15-8)3-4-17-6-10(13)14/h1-2,5,10H,3-4,6H2,(H,15,18). The van der Waals surface area contributed by atoms with Gasteiger partial charge in [-0.2, -0.15) is 0 Å². The Morgan fingerprint density at radius 3 is 2.94 bits per heavy atom. The van der Waals surface area contributed by atoms with E-state index in [1.807, 2.05) is 22.8 Å². The molecule has 0 aliphatic carbocycles. The van der Waals surface area contributed by atoms with Crippen LogP contribution in [0.15, 0.2) is 22.7 Å². The Bertz CT molecular complexity index is 596. The smallest absolute Gasteiger partial charge is 0.261 e. The highest BCUT2D eigenvalue weighted by molar-refractivity contribution is 9.10. The number of hydrogen-bond acceptors (Lipinski definition) is 2. The molecule has 0 saturated carbocycles. The van der Waals surface area contributed by atoms with Crippen LogP contribution >= 0.6 is 28.1 Å². The minimum Gasteiger partial charge on any atom is -0.374 e. The number of H-pyrrole nitrogens is 1. The van der Waals surface area contributed by atoms with Gasteiger partial charge in [-0.15, -0.1) is 0 Å². The molecule has 3 nitrogen and oxygen atoms in total. The van der Waals surface area contributed by atoms with E-state index in [4.69, 9.17) is 17.0 Å². The molecule has 18 heavy (non-hydrogen) atoms. The molecule has 0 fully saturated rings. The van der Waals surface area contributed by atoms with Crippen LogP contribution < -0.4 is 0 Å². The fourth-order valence-corrected chi connectivity index (χ4v) is 2.32. The van der Waals surface area contributed by atoms with E-state index in [0.717, 1.165) is 15.5 Å². The van der Waals surface area contributed by atoms with Gasteiger partial charge in [0.25, 0.3) is 6.43 Å². The minimum atomic E-state index is -2.44. The second-order valence-electron chi connectivity index (χ2n) is 3.71. The molecule has 0 atom stereocenters. The fourth-order valence-electron chi connectivity index (χ4n) is 1.68. The Balaban J connectivity index is 2.14. The molecule has 1 heterocycles. The van der Waals surface area contributed by atoms with Gasteiger partial charge in [0.2, 0.25) is 0 Å². The van der Waals surface area contributed by atoms with Crippen molar-refractivity contribution in [2.45, 2.75) is 13.0 Å². The quantitative estimate of drug-likeness (QED) is 0.665. The Morgan fingerprint density at radius 1 is 1.44 bits per heavy atom. The summed E-state index contributed by atoms with van der Waals surface area (Å²) in [6.07, 6.45) is -2.44. The van der Waals surface area contributed by atoms with Crippen LogP contribution in [0.2, 0.25) is 0 Å². The monoisotopic (exact) mass is 336 g/mol. The Kier molecular flexibility index (Phi) is 4.47. The third-order valence-corrected chi connectivity index (χ3v) is 3.26. The highest BCUT2D eigenvalue weighted by atomic mass is 79.9. The molecule has 0 bridgehead atoms. The number of hydrogen-bond donors (Lipinski definition) is 1. The van der Waals surface area contributed by atoms with Crippen LogP contribution in [0.3, 0.4) is 0 Å². The van der Waals surface area contributed by atoms with Gasteiger partial charge in [-0.1, -0.05) is 15.9 Å². The van der Waals surface area contributed by atoms with Crippen molar-refractivity contribution in [2.75, 3.05) is 13.2 Å². The van der Waals surface area contributed by atoms with Crippen molar-refractivity contribution in [3.8, 4) is 0 Å². The number of aromatic amines is 1. The van der Waals surface area contributed by atoms with Gasteiger partial charge in [-0.25, -0.2) is 8.78 Å². The lowest BCUT2D eigenvalue weighted by Crippen LogP contribution is -2.10. The Labute approximate surface area is 116 Å². The molecule has 98 valence electrons. The van der Waals surface area contributed by atoms with Crippen molar-refractivity contribution < 1.29 is 13.5 Å². The van der Waals surface area contributed by atoms with E-state index in [2.05, 4.69) is 20.9 Å². The van der Waals surface area contributed by atoms with Crippen molar-refractivity contribution >= 4 is 39.2 Å². The lowest BCUT2D eigenvalue weighted by molar-refractivity contribution is 0.0149. The number of fused-ring (bicyclic) bond motifs is 1. The summed E-state index contributed by atoms with van der Waals surface area (Å²) >= 11 is 8.57. The van der Waals surface area contributed by atoms with E-state index in [9.17, 15) is 8.78 Å². The molecule has 1 aromatic heterocycles. The van der Waals surface area contributed by atoms with Crippen LogP contribution in [-0.2, 0) is 11.3 Å². The van der Waals surface area contributed by atoms with Gasteiger partial charge in [0.05, 0.1) is 17.6 Å². The zero-order chi connectivity index (χ0) is 13.1. The van der Waals surface area contributed by atoms with Gasteiger partial charge in [-0.3, -0.25) is 0 Å².